The molecule has 1 heterocycles. The van der Waals surface area contributed by atoms with Gasteiger partial charge < -0.3 is 15.5 Å². The molecule has 2 rings (SSSR count). The van der Waals surface area contributed by atoms with Gasteiger partial charge in [-0.2, -0.15) is 13.2 Å². The maximum Gasteiger partial charge on any atom is 0.416 e. The molecule has 21 heavy (non-hydrogen) atoms. The van der Waals surface area contributed by atoms with Crippen LogP contribution in [-0.2, 0) is 6.18 Å². The van der Waals surface area contributed by atoms with Crippen molar-refractivity contribution in [2.24, 2.45) is 0 Å². The molecular formula is C14H18F3N3O. The van der Waals surface area contributed by atoms with Crippen molar-refractivity contribution < 1.29 is 18.0 Å². The molecule has 0 saturated carbocycles. The van der Waals surface area contributed by atoms with E-state index in [4.69, 9.17) is 0 Å². The van der Waals surface area contributed by atoms with Gasteiger partial charge in [0.05, 0.1) is 11.1 Å². The summed E-state index contributed by atoms with van der Waals surface area (Å²) in [6.07, 6.45) is -4.37. The van der Waals surface area contributed by atoms with Gasteiger partial charge in [0, 0.05) is 25.3 Å². The third kappa shape index (κ3) is 3.66. The number of halogens is 3. The summed E-state index contributed by atoms with van der Waals surface area (Å²) in [4.78, 5) is 13.9. The molecule has 1 aromatic carbocycles. The fourth-order valence-corrected chi connectivity index (χ4v) is 2.29. The lowest BCUT2D eigenvalue weighted by Crippen LogP contribution is -2.60. The Hall–Kier alpha value is -1.76. The predicted octanol–water partition coefficient (Wildman–Crippen LogP) is 2.92. The Balaban J connectivity index is 2.06. The van der Waals surface area contributed by atoms with Gasteiger partial charge in [-0.3, -0.25) is 0 Å². The van der Waals surface area contributed by atoms with Crippen molar-refractivity contribution in [3.05, 3.63) is 29.8 Å². The Morgan fingerprint density at radius 1 is 1.29 bits per heavy atom. The van der Waals surface area contributed by atoms with Crippen molar-refractivity contribution in [1.82, 2.24) is 10.2 Å². The minimum absolute atomic E-state index is 0.304. The largest absolute Gasteiger partial charge is 0.416 e. The van der Waals surface area contributed by atoms with Gasteiger partial charge in [-0.1, -0.05) is 0 Å². The van der Waals surface area contributed by atoms with Gasteiger partial charge in [-0.05, 0) is 38.1 Å². The van der Waals surface area contributed by atoms with Gasteiger partial charge >= 0.3 is 12.2 Å². The molecule has 2 amide bonds. The molecule has 1 fully saturated rings. The highest BCUT2D eigenvalue weighted by Crippen LogP contribution is 2.30. The van der Waals surface area contributed by atoms with Gasteiger partial charge in [0.1, 0.15) is 0 Å². The number of piperazine rings is 1. The molecule has 1 aromatic rings. The smallest absolute Gasteiger partial charge is 0.317 e. The maximum absolute atomic E-state index is 12.5. The Morgan fingerprint density at radius 3 is 2.43 bits per heavy atom. The zero-order valence-electron chi connectivity index (χ0n) is 11.9. The minimum atomic E-state index is -4.37. The fraction of sp³-hybridized carbons (Fsp3) is 0.500. The quantitative estimate of drug-likeness (QED) is 0.837. The highest BCUT2D eigenvalue weighted by Gasteiger charge is 2.33. The molecule has 0 spiro atoms. The summed E-state index contributed by atoms with van der Waals surface area (Å²) in [6.45, 7) is 5.80. The predicted molar refractivity (Wildman–Crippen MR) is 74.1 cm³/mol. The number of carbonyl (C=O) groups is 1. The van der Waals surface area contributed by atoms with Crippen LogP contribution >= 0.6 is 0 Å². The molecule has 116 valence electrons. The summed E-state index contributed by atoms with van der Waals surface area (Å²) in [6, 6.07) is 4.13. The van der Waals surface area contributed by atoms with Crippen LogP contribution in [-0.4, -0.2) is 36.1 Å². The van der Waals surface area contributed by atoms with E-state index in [1.54, 1.807) is 4.90 Å². The van der Waals surface area contributed by atoms with E-state index in [0.29, 0.717) is 25.3 Å². The second-order valence-corrected chi connectivity index (χ2v) is 5.65. The molecular weight excluding hydrogens is 283 g/mol. The molecule has 2 N–H and O–H groups in total. The number of nitrogens with zero attached hydrogens (tertiary/aromatic N) is 1. The Labute approximate surface area is 121 Å². The van der Waals surface area contributed by atoms with E-state index < -0.39 is 11.7 Å². The van der Waals surface area contributed by atoms with Gasteiger partial charge in [-0.25, -0.2) is 4.79 Å². The van der Waals surface area contributed by atoms with Gasteiger partial charge in [-0.15, -0.1) is 0 Å². The van der Waals surface area contributed by atoms with Crippen LogP contribution in [0.25, 0.3) is 0 Å². The Bertz CT molecular complexity index is 511. The van der Waals surface area contributed by atoms with Crippen LogP contribution in [0.4, 0.5) is 23.7 Å². The van der Waals surface area contributed by atoms with Crippen LogP contribution in [0.5, 0.6) is 0 Å². The van der Waals surface area contributed by atoms with Crippen molar-refractivity contribution in [1.29, 1.82) is 0 Å². The summed E-state index contributed by atoms with van der Waals surface area (Å²) < 4.78 is 37.4. The Kier molecular flexibility index (Phi) is 4.13. The number of nitrogens with one attached hydrogen (secondary N) is 2. The highest BCUT2D eigenvalue weighted by molar-refractivity contribution is 5.90. The lowest BCUT2D eigenvalue weighted by Gasteiger charge is -2.42. The van der Waals surface area contributed by atoms with E-state index in [2.05, 4.69) is 10.6 Å². The topological polar surface area (TPSA) is 44.4 Å². The number of amides is 2. The first kappa shape index (κ1) is 15.6. The van der Waals surface area contributed by atoms with Gasteiger partial charge in [0.25, 0.3) is 0 Å². The van der Waals surface area contributed by atoms with E-state index >= 15 is 0 Å². The first-order valence-corrected chi connectivity index (χ1v) is 6.67. The molecule has 0 aromatic heterocycles. The van der Waals surface area contributed by atoms with Crippen LogP contribution in [0.2, 0.25) is 0 Å². The second-order valence-electron chi connectivity index (χ2n) is 5.65. The van der Waals surface area contributed by atoms with Crippen LogP contribution < -0.4 is 10.6 Å². The maximum atomic E-state index is 12.5. The van der Waals surface area contributed by atoms with Gasteiger partial charge in [0.2, 0.25) is 0 Å². The van der Waals surface area contributed by atoms with E-state index in [9.17, 15) is 18.0 Å². The van der Waals surface area contributed by atoms with Crippen LogP contribution in [0.1, 0.15) is 19.4 Å². The van der Waals surface area contributed by atoms with Crippen LogP contribution in [0, 0.1) is 0 Å². The zero-order chi connectivity index (χ0) is 15.7. The molecule has 0 atom stereocenters. The number of hydrogen-bond acceptors (Lipinski definition) is 2. The molecule has 0 radical (unpaired) electrons. The second kappa shape index (κ2) is 5.55. The summed E-state index contributed by atoms with van der Waals surface area (Å²) in [5.74, 6) is 0. The monoisotopic (exact) mass is 301 g/mol. The van der Waals surface area contributed by atoms with Crippen LogP contribution in [0.3, 0.4) is 0 Å². The number of rotatable bonds is 1. The normalized spacial score (nSPS) is 18.4. The number of hydrogen-bond donors (Lipinski definition) is 2. The average molecular weight is 301 g/mol. The number of anilines is 1. The van der Waals surface area contributed by atoms with Crippen molar-refractivity contribution in [3.63, 3.8) is 0 Å². The zero-order valence-corrected chi connectivity index (χ0v) is 11.9. The molecule has 0 aliphatic carbocycles. The highest BCUT2D eigenvalue weighted by atomic mass is 19.4. The number of carbonyl (C=O) groups excluding carboxylic acids is 1. The number of urea groups is 1. The first-order valence-electron chi connectivity index (χ1n) is 6.67. The molecule has 7 heteroatoms. The Morgan fingerprint density at radius 2 is 1.90 bits per heavy atom. The molecule has 1 aliphatic heterocycles. The average Bonchev–Trinajstić information content (AvgIpc) is 2.37. The molecule has 1 saturated heterocycles. The fourth-order valence-electron chi connectivity index (χ4n) is 2.29. The summed E-state index contributed by atoms with van der Waals surface area (Å²) in [5, 5.41) is 5.84. The van der Waals surface area contributed by atoms with E-state index in [-0.39, 0.29) is 11.6 Å². The van der Waals surface area contributed by atoms with E-state index in [0.717, 1.165) is 12.1 Å². The third-order valence-corrected chi connectivity index (χ3v) is 3.51. The third-order valence-electron chi connectivity index (χ3n) is 3.51. The lowest BCUT2D eigenvalue weighted by molar-refractivity contribution is -0.137. The van der Waals surface area contributed by atoms with Crippen LogP contribution in [0.15, 0.2) is 24.3 Å². The van der Waals surface area contributed by atoms with Crippen molar-refractivity contribution in [2.75, 3.05) is 25.0 Å². The summed E-state index contributed by atoms with van der Waals surface area (Å²) >= 11 is 0. The number of benzene rings is 1. The van der Waals surface area contributed by atoms with E-state index in [1.807, 2.05) is 13.8 Å². The molecule has 1 aliphatic rings. The lowest BCUT2D eigenvalue weighted by atomic mass is 10.0. The molecule has 4 nitrogen and oxygen atoms in total. The SMILES string of the molecule is CC1(C)CNCCN1C(=O)Nc1ccc(C(F)(F)F)cc1. The standard InChI is InChI=1S/C14H18F3N3O/c1-13(2)9-18-7-8-20(13)12(21)19-11-5-3-10(4-6-11)14(15,16)17/h3-6,18H,7-9H2,1-2H3,(H,19,21). The van der Waals surface area contributed by atoms with Crippen molar-refractivity contribution >= 4 is 11.7 Å². The summed E-state index contributed by atoms with van der Waals surface area (Å²) in [7, 11) is 0. The first-order chi connectivity index (χ1) is 9.70. The summed E-state index contributed by atoms with van der Waals surface area (Å²) in [5.41, 5.74) is -0.723. The molecule has 0 bridgehead atoms. The minimum Gasteiger partial charge on any atom is -0.317 e. The van der Waals surface area contributed by atoms with Gasteiger partial charge in [0.15, 0.2) is 0 Å². The molecule has 0 unspecified atom stereocenters. The van der Waals surface area contributed by atoms with Crippen molar-refractivity contribution in [3.8, 4) is 0 Å². The number of alkyl halides is 3. The van der Waals surface area contributed by atoms with E-state index in [1.165, 1.54) is 12.1 Å². The van der Waals surface area contributed by atoms with Crippen molar-refractivity contribution in [2.45, 2.75) is 25.6 Å².